The van der Waals surface area contributed by atoms with E-state index < -0.39 is 97.5 Å². The second kappa shape index (κ2) is 61.6. The van der Waals surface area contributed by atoms with Crippen molar-refractivity contribution in [3.05, 3.63) is 0 Å². The molecular formula is C72H140O17P2. The van der Waals surface area contributed by atoms with Crippen molar-refractivity contribution in [3.8, 4) is 0 Å². The highest BCUT2D eigenvalue weighted by Gasteiger charge is 2.30. The Morgan fingerprint density at radius 3 is 0.681 bits per heavy atom. The third-order valence-corrected chi connectivity index (χ3v) is 18.5. The molecule has 0 heterocycles. The zero-order chi connectivity index (χ0) is 67.5. The molecule has 0 rings (SSSR count). The standard InChI is InChI=1S/C72H140O17P2/c1-62(2)48-40-32-24-20-16-13-11-9-10-12-14-18-22-26-38-46-54-71(76)88-67(58-82-69(74)52-44-36-30-28-34-42-50-64(5)6)60-86-90(78,79)84-56-66(73)57-85-91(80,81)87-61-68(59-83-70(75)53-45-37-31-29-35-43-51-65(7)8)89-72(77)55-47-39-27-23-19-15-17-21-25-33-41-49-63(3)4/h62-68,73H,9-61H2,1-8H3,(H,78,79)(H,80,81)/t66?,67-,68-/m1/s1. The summed E-state index contributed by atoms with van der Waals surface area (Å²) in [5.41, 5.74) is 0. The van der Waals surface area contributed by atoms with Crippen LogP contribution in [0.3, 0.4) is 0 Å². The van der Waals surface area contributed by atoms with Crippen LogP contribution in [0.2, 0.25) is 0 Å². The minimum absolute atomic E-state index is 0.105. The van der Waals surface area contributed by atoms with Crippen LogP contribution < -0.4 is 0 Å². The summed E-state index contributed by atoms with van der Waals surface area (Å²) in [5, 5.41) is 10.6. The van der Waals surface area contributed by atoms with Crippen LogP contribution >= 0.6 is 15.6 Å². The number of aliphatic hydroxyl groups excluding tert-OH is 1. The van der Waals surface area contributed by atoms with E-state index in [0.717, 1.165) is 115 Å². The lowest BCUT2D eigenvalue weighted by molar-refractivity contribution is -0.161. The summed E-state index contributed by atoms with van der Waals surface area (Å²) in [4.78, 5) is 72.5. The average molecular weight is 1340 g/mol. The molecule has 0 aliphatic carbocycles. The molecule has 540 valence electrons. The van der Waals surface area contributed by atoms with Gasteiger partial charge in [0.1, 0.15) is 19.3 Å². The Morgan fingerprint density at radius 1 is 0.275 bits per heavy atom. The molecule has 17 nitrogen and oxygen atoms in total. The minimum atomic E-state index is -4.95. The SMILES string of the molecule is CC(C)CCCCCCCCCCCCCCCCCCC(=O)O[C@H](COC(=O)CCCCCCCCC(C)C)COP(=O)(O)OCC(O)COP(=O)(O)OC[C@@H](COC(=O)CCCCCCCCC(C)C)OC(=O)CCCCCCCCCCCCCC(C)C. The van der Waals surface area contributed by atoms with Crippen molar-refractivity contribution in [1.29, 1.82) is 0 Å². The number of ether oxygens (including phenoxy) is 4. The predicted molar refractivity (Wildman–Crippen MR) is 367 cm³/mol. The molecule has 0 aromatic carbocycles. The van der Waals surface area contributed by atoms with Crippen molar-refractivity contribution in [3.63, 3.8) is 0 Å². The molecule has 0 aliphatic heterocycles. The number of esters is 4. The Bertz CT molecular complexity index is 1800. The maximum absolute atomic E-state index is 13.0. The van der Waals surface area contributed by atoms with Crippen molar-refractivity contribution in [2.24, 2.45) is 23.7 Å². The van der Waals surface area contributed by atoms with Crippen LogP contribution in [-0.4, -0.2) is 96.7 Å². The average Bonchev–Trinajstić information content (AvgIpc) is 3.12. The van der Waals surface area contributed by atoms with Gasteiger partial charge in [0, 0.05) is 25.7 Å². The van der Waals surface area contributed by atoms with Crippen molar-refractivity contribution in [2.45, 2.75) is 375 Å². The van der Waals surface area contributed by atoms with E-state index in [0.29, 0.717) is 37.5 Å². The molecule has 0 saturated heterocycles. The number of aliphatic hydroxyl groups is 1. The zero-order valence-corrected chi connectivity index (χ0v) is 61.3. The molecule has 0 aromatic rings. The third kappa shape index (κ3) is 66.5. The molecule has 0 bridgehead atoms. The van der Waals surface area contributed by atoms with Gasteiger partial charge in [-0.2, -0.15) is 0 Å². The highest BCUT2D eigenvalue weighted by atomic mass is 31.2. The number of carbonyl (C=O) groups excluding carboxylic acids is 4. The molecule has 0 saturated carbocycles. The number of phosphoric acid groups is 2. The first-order valence-corrected chi connectivity index (χ1v) is 40.2. The molecule has 0 amide bonds. The molecule has 0 fully saturated rings. The van der Waals surface area contributed by atoms with Crippen LogP contribution in [0.15, 0.2) is 0 Å². The second-order valence-corrected chi connectivity index (χ2v) is 30.8. The predicted octanol–water partition coefficient (Wildman–Crippen LogP) is 20.5. The number of unbranched alkanes of at least 4 members (excludes halogenated alkanes) is 35. The van der Waals surface area contributed by atoms with E-state index in [-0.39, 0.29) is 25.7 Å². The maximum Gasteiger partial charge on any atom is 0.472 e. The van der Waals surface area contributed by atoms with E-state index in [4.69, 9.17) is 37.0 Å². The van der Waals surface area contributed by atoms with Gasteiger partial charge in [0.15, 0.2) is 12.2 Å². The van der Waals surface area contributed by atoms with Gasteiger partial charge in [-0.05, 0) is 49.4 Å². The normalized spacial score (nSPS) is 14.2. The molecular weight excluding hydrogens is 1200 g/mol. The fourth-order valence-electron chi connectivity index (χ4n) is 10.8. The van der Waals surface area contributed by atoms with Crippen LogP contribution in [0, 0.1) is 23.7 Å². The van der Waals surface area contributed by atoms with Crippen LogP contribution in [0.1, 0.15) is 357 Å². The van der Waals surface area contributed by atoms with Crippen LogP contribution in [0.25, 0.3) is 0 Å². The Balaban J connectivity index is 5.18. The maximum atomic E-state index is 13.0. The number of rotatable bonds is 69. The smallest absolute Gasteiger partial charge is 0.462 e. The fourth-order valence-corrected chi connectivity index (χ4v) is 12.4. The highest BCUT2D eigenvalue weighted by Crippen LogP contribution is 2.45. The molecule has 0 radical (unpaired) electrons. The molecule has 3 unspecified atom stereocenters. The number of phosphoric ester groups is 2. The zero-order valence-electron chi connectivity index (χ0n) is 59.5. The van der Waals surface area contributed by atoms with Crippen LogP contribution in [0.4, 0.5) is 0 Å². The van der Waals surface area contributed by atoms with Gasteiger partial charge in [0.05, 0.1) is 26.4 Å². The molecule has 0 aliphatic rings. The molecule has 19 heteroatoms. The Labute approximate surface area is 556 Å². The summed E-state index contributed by atoms with van der Waals surface area (Å²) in [5.74, 6) is 0.803. The number of carbonyl (C=O) groups is 4. The van der Waals surface area contributed by atoms with Gasteiger partial charge in [0.25, 0.3) is 0 Å². The quantitative estimate of drug-likeness (QED) is 0.0222. The summed E-state index contributed by atoms with van der Waals surface area (Å²) in [6.45, 7) is 14.0. The summed E-state index contributed by atoms with van der Waals surface area (Å²) in [6.07, 6.45) is 44.8. The van der Waals surface area contributed by atoms with Crippen LogP contribution in [-0.2, 0) is 65.4 Å². The van der Waals surface area contributed by atoms with Crippen molar-refractivity contribution in [1.82, 2.24) is 0 Å². The lowest BCUT2D eigenvalue weighted by atomic mass is 10.0. The van der Waals surface area contributed by atoms with Crippen molar-refractivity contribution >= 4 is 39.5 Å². The van der Waals surface area contributed by atoms with Gasteiger partial charge in [-0.3, -0.25) is 37.3 Å². The van der Waals surface area contributed by atoms with Gasteiger partial charge in [0.2, 0.25) is 0 Å². The van der Waals surface area contributed by atoms with Gasteiger partial charge < -0.3 is 33.8 Å². The number of hydrogen-bond acceptors (Lipinski definition) is 15. The summed E-state index contributed by atoms with van der Waals surface area (Å²) in [6, 6.07) is 0. The van der Waals surface area contributed by atoms with E-state index in [9.17, 15) is 43.2 Å². The summed E-state index contributed by atoms with van der Waals surface area (Å²) in [7, 11) is -9.90. The lowest BCUT2D eigenvalue weighted by Gasteiger charge is -2.21. The first-order valence-electron chi connectivity index (χ1n) is 37.2. The minimum Gasteiger partial charge on any atom is -0.462 e. The topological polar surface area (TPSA) is 237 Å². The molecule has 3 N–H and O–H groups in total. The Morgan fingerprint density at radius 2 is 0.462 bits per heavy atom. The van der Waals surface area contributed by atoms with Gasteiger partial charge in [-0.25, -0.2) is 9.13 Å². The molecule has 5 atom stereocenters. The van der Waals surface area contributed by atoms with Gasteiger partial charge in [-0.1, -0.05) is 306 Å². The van der Waals surface area contributed by atoms with Crippen molar-refractivity contribution in [2.75, 3.05) is 39.6 Å². The highest BCUT2D eigenvalue weighted by molar-refractivity contribution is 7.47. The van der Waals surface area contributed by atoms with E-state index >= 15 is 0 Å². The van der Waals surface area contributed by atoms with E-state index in [1.54, 1.807) is 0 Å². The fraction of sp³-hybridized carbons (Fsp3) is 0.944. The second-order valence-electron chi connectivity index (χ2n) is 27.9. The van der Waals surface area contributed by atoms with Gasteiger partial charge >= 0.3 is 39.5 Å². The van der Waals surface area contributed by atoms with E-state index in [1.165, 1.54) is 148 Å². The van der Waals surface area contributed by atoms with Crippen molar-refractivity contribution < 1.29 is 80.2 Å². The molecule has 91 heavy (non-hydrogen) atoms. The Hall–Kier alpha value is -1.94. The first kappa shape index (κ1) is 89.1. The monoisotopic (exact) mass is 1340 g/mol. The molecule has 0 aromatic heterocycles. The van der Waals surface area contributed by atoms with Crippen LogP contribution in [0.5, 0.6) is 0 Å². The number of hydrogen-bond donors (Lipinski definition) is 3. The largest absolute Gasteiger partial charge is 0.472 e. The lowest BCUT2D eigenvalue weighted by Crippen LogP contribution is -2.30. The molecule has 0 spiro atoms. The third-order valence-electron chi connectivity index (χ3n) is 16.6. The van der Waals surface area contributed by atoms with E-state index in [2.05, 4.69) is 55.4 Å². The summed E-state index contributed by atoms with van der Waals surface area (Å²) < 4.78 is 68.3. The van der Waals surface area contributed by atoms with Gasteiger partial charge in [-0.15, -0.1) is 0 Å². The van der Waals surface area contributed by atoms with E-state index in [1.807, 2.05) is 0 Å². The summed E-state index contributed by atoms with van der Waals surface area (Å²) >= 11 is 0. The first-order chi connectivity index (χ1) is 43.6. The Kier molecular flexibility index (Phi) is 60.3.